The van der Waals surface area contributed by atoms with Crippen LogP contribution in [0.5, 0.6) is 23.0 Å². The van der Waals surface area contributed by atoms with Crippen LogP contribution in [0.15, 0.2) is 56.6 Å². The molecule has 0 bridgehead atoms. The molecule has 1 aliphatic heterocycles. The highest BCUT2D eigenvalue weighted by atomic mass is 16.5. The van der Waals surface area contributed by atoms with E-state index < -0.39 is 22.5 Å². The molecule has 0 aliphatic carbocycles. The summed E-state index contributed by atoms with van der Waals surface area (Å²) < 4.78 is 11.4. The summed E-state index contributed by atoms with van der Waals surface area (Å²) in [7, 11) is 2.10. The van der Waals surface area contributed by atoms with Crippen molar-refractivity contribution in [3.05, 3.63) is 63.2 Å². The molecule has 0 spiro atoms. The lowest BCUT2D eigenvalue weighted by atomic mass is 10.1. The van der Waals surface area contributed by atoms with Crippen LogP contribution in [0.4, 0.5) is 5.69 Å². The van der Waals surface area contributed by atoms with Gasteiger partial charge >= 0.3 is 5.56 Å². The minimum Gasteiger partial charge on any atom is -0.507 e. The lowest BCUT2D eigenvalue weighted by Crippen LogP contribution is -2.44. The van der Waals surface area contributed by atoms with Crippen LogP contribution in [-0.2, 0) is 0 Å². The minimum absolute atomic E-state index is 0.137. The molecule has 4 N–H and O–H groups in total. The van der Waals surface area contributed by atoms with E-state index in [1.165, 1.54) is 12.3 Å². The van der Waals surface area contributed by atoms with Crippen LogP contribution in [-0.4, -0.2) is 58.5 Å². The third kappa shape index (κ3) is 3.80. The summed E-state index contributed by atoms with van der Waals surface area (Å²) in [6.45, 7) is 3.83. The Bertz CT molecular complexity index is 1430. The quantitative estimate of drug-likeness (QED) is 0.372. The van der Waals surface area contributed by atoms with Crippen molar-refractivity contribution in [3.63, 3.8) is 0 Å². The second-order valence-electron chi connectivity index (χ2n) is 7.97. The molecule has 0 unspecified atom stereocenters. The second-order valence-corrected chi connectivity index (χ2v) is 7.97. The number of hydrogen-bond donors (Lipinski definition) is 4. The fraction of sp³-hybridized carbons (Fsp3) is 0.217. The number of aromatic nitrogens is 2. The fourth-order valence-corrected chi connectivity index (χ4v) is 3.90. The summed E-state index contributed by atoms with van der Waals surface area (Å²) in [5, 5.41) is 25.2. The average Bonchev–Trinajstić information content (AvgIpc) is 3.21. The summed E-state index contributed by atoms with van der Waals surface area (Å²) in [6.07, 6.45) is 1.26. The van der Waals surface area contributed by atoms with Gasteiger partial charge in [0.05, 0.1) is 6.20 Å². The summed E-state index contributed by atoms with van der Waals surface area (Å²) in [5.74, 6) is -1.09. The van der Waals surface area contributed by atoms with E-state index in [1.54, 1.807) is 0 Å². The molecule has 5 rings (SSSR count). The van der Waals surface area contributed by atoms with Gasteiger partial charge in [-0.15, -0.1) is 0 Å². The Hall–Kier alpha value is -4.18. The number of phenols is 2. The Kier molecular flexibility index (Phi) is 5.06. The van der Waals surface area contributed by atoms with Gasteiger partial charge in [0.15, 0.2) is 16.8 Å². The number of H-pyrrole nitrogens is 2. The SMILES string of the molecule is CN1CCN(c2ccc(-c3cc(=O)c4c(O)cc(O)c(Oc5c[nH][nH]c5=O)c4o3)cc2)CC1. The first-order chi connectivity index (χ1) is 15.9. The Morgan fingerprint density at radius 3 is 2.39 bits per heavy atom. The number of aromatic hydroxyl groups is 2. The number of likely N-dealkylation sites (N-methyl/N-ethyl adjacent to an activating group) is 1. The second kappa shape index (κ2) is 8.06. The van der Waals surface area contributed by atoms with E-state index in [4.69, 9.17) is 9.15 Å². The van der Waals surface area contributed by atoms with Crippen LogP contribution in [0.25, 0.3) is 22.3 Å². The monoisotopic (exact) mass is 450 g/mol. The van der Waals surface area contributed by atoms with E-state index in [0.717, 1.165) is 37.9 Å². The topological polar surface area (TPSA) is 135 Å². The molecule has 0 atom stereocenters. The van der Waals surface area contributed by atoms with Crippen LogP contribution in [0.3, 0.4) is 0 Å². The van der Waals surface area contributed by atoms with Crippen LogP contribution in [0.1, 0.15) is 0 Å². The highest BCUT2D eigenvalue weighted by Gasteiger charge is 2.21. The van der Waals surface area contributed by atoms with E-state index in [1.807, 2.05) is 24.3 Å². The minimum atomic E-state index is -0.561. The lowest BCUT2D eigenvalue weighted by molar-refractivity contribution is 0.313. The van der Waals surface area contributed by atoms with E-state index in [2.05, 4.69) is 27.0 Å². The third-order valence-corrected chi connectivity index (χ3v) is 5.76. The van der Waals surface area contributed by atoms with Gasteiger partial charge in [-0.25, -0.2) is 0 Å². The molecular weight excluding hydrogens is 428 g/mol. The number of nitrogens with zero attached hydrogens (tertiary/aromatic N) is 2. The van der Waals surface area contributed by atoms with Crippen molar-refractivity contribution in [2.45, 2.75) is 0 Å². The van der Waals surface area contributed by atoms with Gasteiger partial charge in [0.25, 0.3) is 0 Å². The molecular formula is C23H22N4O6. The number of hydrogen-bond acceptors (Lipinski definition) is 8. The molecule has 2 aromatic heterocycles. The van der Waals surface area contributed by atoms with Crippen molar-refractivity contribution in [3.8, 4) is 34.3 Å². The van der Waals surface area contributed by atoms with Crippen LogP contribution in [0, 0.1) is 0 Å². The van der Waals surface area contributed by atoms with E-state index >= 15 is 0 Å². The molecule has 2 aromatic carbocycles. The van der Waals surface area contributed by atoms with E-state index in [-0.39, 0.29) is 28.2 Å². The smallest absolute Gasteiger partial charge is 0.306 e. The molecule has 1 saturated heterocycles. The molecule has 33 heavy (non-hydrogen) atoms. The van der Waals surface area contributed by atoms with Crippen molar-refractivity contribution < 1.29 is 19.4 Å². The van der Waals surface area contributed by atoms with E-state index in [9.17, 15) is 19.8 Å². The normalized spacial score (nSPS) is 14.6. The van der Waals surface area contributed by atoms with Gasteiger partial charge in [0.1, 0.15) is 16.9 Å². The predicted octanol–water partition coefficient (Wildman–Crippen LogP) is 2.43. The number of ether oxygens (including phenoxy) is 1. The van der Waals surface area contributed by atoms with Gasteiger partial charge in [-0.05, 0) is 31.3 Å². The average molecular weight is 450 g/mol. The molecule has 4 aromatic rings. The van der Waals surface area contributed by atoms with Gasteiger partial charge in [0, 0.05) is 49.6 Å². The number of benzene rings is 2. The number of phenolic OH excluding ortho intramolecular Hbond substituents is 2. The first-order valence-electron chi connectivity index (χ1n) is 10.4. The molecule has 10 heteroatoms. The molecule has 0 radical (unpaired) electrons. The molecule has 0 saturated carbocycles. The zero-order valence-corrected chi connectivity index (χ0v) is 17.8. The summed E-state index contributed by atoms with van der Waals surface area (Å²) >= 11 is 0. The summed E-state index contributed by atoms with van der Waals surface area (Å²) in [4.78, 5) is 29.2. The zero-order valence-electron chi connectivity index (χ0n) is 17.8. The Morgan fingerprint density at radius 1 is 1.00 bits per heavy atom. The van der Waals surface area contributed by atoms with Crippen molar-refractivity contribution in [2.75, 3.05) is 38.1 Å². The number of nitrogens with one attached hydrogen (secondary N) is 2. The Balaban J connectivity index is 1.57. The number of anilines is 1. The van der Waals surface area contributed by atoms with Crippen LogP contribution >= 0.6 is 0 Å². The standard InChI is InChI=1S/C23H22N4O6/c1-26-6-8-27(9-7-26)14-4-2-13(3-5-14)18-11-16(29)20-15(28)10-17(30)21(22(20)32-18)33-19-12-24-25-23(19)31/h2-5,10-12,28,30H,6-9H2,1H3,(H2,24,25,31). The largest absolute Gasteiger partial charge is 0.507 e. The van der Waals surface area contributed by atoms with Gasteiger partial charge in [-0.1, -0.05) is 0 Å². The molecule has 1 fully saturated rings. The maximum Gasteiger partial charge on any atom is 0.306 e. The van der Waals surface area contributed by atoms with Crippen LogP contribution in [0.2, 0.25) is 0 Å². The van der Waals surface area contributed by atoms with Crippen LogP contribution < -0.4 is 20.6 Å². The van der Waals surface area contributed by atoms with Gasteiger partial charge < -0.3 is 34.3 Å². The highest BCUT2D eigenvalue weighted by molar-refractivity contribution is 5.91. The first-order valence-corrected chi connectivity index (χ1v) is 10.4. The highest BCUT2D eigenvalue weighted by Crippen LogP contribution is 2.42. The Morgan fingerprint density at radius 2 is 1.73 bits per heavy atom. The molecule has 0 amide bonds. The first kappa shape index (κ1) is 20.7. The molecule has 10 nitrogen and oxygen atoms in total. The fourth-order valence-electron chi connectivity index (χ4n) is 3.90. The molecule has 1 aliphatic rings. The summed E-state index contributed by atoms with van der Waals surface area (Å²) in [6, 6.07) is 9.86. The lowest BCUT2D eigenvalue weighted by Gasteiger charge is -2.34. The molecule has 3 heterocycles. The molecule has 170 valence electrons. The van der Waals surface area contributed by atoms with E-state index in [0.29, 0.717) is 5.56 Å². The maximum atomic E-state index is 12.8. The van der Waals surface area contributed by atoms with Crippen molar-refractivity contribution in [1.29, 1.82) is 0 Å². The third-order valence-electron chi connectivity index (χ3n) is 5.76. The maximum absolute atomic E-state index is 12.8. The van der Waals surface area contributed by atoms with Crippen molar-refractivity contribution >= 4 is 16.7 Å². The Labute approximate surface area is 187 Å². The van der Waals surface area contributed by atoms with Gasteiger partial charge in [-0.3, -0.25) is 14.7 Å². The van der Waals surface area contributed by atoms with Crippen molar-refractivity contribution in [2.24, 2.45) is 0 Å². The number of aromatic amines is 2. The summed E-state index contributed by atoms with van der Waals surface area (Å²) in [5.41, 5.74) is 0.466. The number of rotatable bonds is 4. The van der Waals surface area contributed by atoms with Gasteiger partial charge in [-0.2, -0.15) is 0 Å². The number of piperazine rings is 1. The zero-order chi connectivity index (χ0) is 23.1. The predicted molar refractivity (Wildman–Crippen MR) is 122 cm³/mol. The van der Waals surface area contributed by atoms with Gasteiger partial charge in [0.2, 0.25) is 11.5 Å². The number of fused-ring (bicyclic) bond motifs is 1. The van der Waals surface area contributed by atoms with Crippen molar-refractivity contribution in [1.82, 2.24) is 15.1 Å².